The van der Waals surface area contributed by atoms with E-state index in [4.69, 9.17) is 0 Å². The summed E-state index contributed by atoms with van der Waals surface area (Å²) in [6.45, 7) is 9.74. The number of hydrogen-bond acceptors (Lipinski definition) is 3. The third-order valence-electron chi connectivity index (χ3n) is 3.43. The van der Waals surface area contributed by atoms with E-state index in [2.05, 4.69) is 27.7 Å². The number of aryl methyl sites for hydroxylation is 2. The zero-order valence-corrected chi connectivity index (χ0v) is 10.9. The maximum atomic E-state index is 11.5. The van der Waals surface area contributed by atoms with Gasteiger partial charge < -0.3 is 0 Å². The Morgan fingerprint density at radius 2 is 2.29 bits per heavy atom. The summed E-state index contributed by atoms with van der Waals surface area (Å²) in [7, 11) is 0. The first-order chi connectivity index (χ1) is 8.10. The van der Waals surface area contributed by atoms with Gasteiger partial charge in [-0.2, -0.15) is 5.10 Å². The Bertz CT molecular complexity index is 411. The molecule has 0 spiro atoms. The summed E-state index contributed by atoms with van der Waals surface area (Å²) in [6.07, 6.45) is 0.695. The fourth-order valence-corrected chi connectivity index (χ4v) is 2.47. The lowest BCUT2D eigenvalue weighted by Gasteiger charge is -2.29. The quantitative estimate of drug-likeness (QED) is 0.799. The SMILES string of the molecule is CCn1nc(C)cc1CN1CCC(=O)C(C)C1. The average Bonchev–Trinajstić information content (AvgIpc) is 2.64. The van der Waals surface area contributed by atoms with Crippen LogP contribution in [0.1, 0.15) is 31.7 Å². The van der Waals surface area contributed by atoms with Gasteiger partial charge in [0.05, 0.1) is 11.4 Å². The molecule has 1 aromatic rings. The average molecular weight is 235 g/mol. The molecule has 0 N–H and O–H groups in total. The summed E-state index contributed by atoms with van der Waals surface area (Å²) in [5, 5.41) is 4.45. The number of likely N-dealkylation sites (tertiary alicyclic amines) is 1. The minimum absolute atomic E-state index is 0.183. The van der Waals surface area contributed by atoms with E-state index in [-0.39, 0.29) is 5.92 Å². The second-order valence-electron chi connectivity index (χ2n) is 4.95. The third-order valence-corrected chi connectivity index (χ3v) is 3.43. The summed E-state index contributed by atoms with van der Waals surface area (Å²) in [5.74, 6) is 0.587. The molecule has 1 aromatic heterocycles. The topological polar surface area (TPSA) is 38.1 Å². The van der Waals surface area contributed by atoms with Gasteiger partial charge in [-0.1, -0.05) is 6.92 Å². The van der Waals surface area contributed by atoms with Crippen molar-refractivity contribution in [3.05, 3.63) is 17.5 Å². The lowest BCUT2D eigenvalue weighted by molar-refractivity contribution is -0.125. The van der Waals surface area contributed by atoms with Crippen LogP contribution in [0.15, 0.2) is 6.07 Å². The molecule has 0 aliphatic carbocycles. The standard InChI is InChI=1S/C13H21N3O/c1-4-16-12(7-11(3)14-16)9-15-6-5-13(17)10(2)8-15/h7,10H,4-6,8-9H2,1-3H3. The van der Waals surface area contributed by atoms with Gasteiger partial charge in [-0.3, -0.25) is 14.4 Å². The van der Waals surface area contributed by atoms with E-state index in [1.165, 1.54) is 5.69 Å². The largest absolute Gasteiger partial charge is 0.299 e. The van der Waals surface area contributed by atoms with Crippen molar-refractivity contribution in [3.63, 3.8) is 0 Å². The second-order valence-corrected chi connectivity index (χ2v) is 4.95. The van der Waals surface area contributed by atoms with Gasteiger partial charge in [0.1, 0.15) is 5.78 Å². The smallest absolute Gasteiger partial charge is 0.138 e. The number of carbonyl (C=O) groups excluding carboxylic acids is 1. The monoisotopic (exact) mass is 235 g/mol. The van der Waals surface area contributed by atoms with Crippen molar-refractivity contribution in [2.75, 3.05) is 13.1 Å². The van der Waals surface area contributed by atoms with Crippen molar-refractivity contribution in [2.24, 2.45) is 5.92 Å². The Labute approximate surface area is 103 Å². The molecule has 1 unspecified atom stereocenters. The van der Waals surface area contributed by atoms with E-state index in [1.54, 1.807) is 0 Å². The molecule has 1 aliphatic rings. The van der Waals surface area contributed by atoms with Crippen molar-refractivity contribution < 1.29 is 4.79 Å². The molecule has 1 atom stereocenters. The van der Waals surface area contributed by atoms with Crippen LogP contribution in [0, 0.1) is 12.8 Å². The van der Waals surface area contributed by atoms with Gasteiger partial charge in [0.25, 0.3) is 0 Å². The molecule has 0 saturated carbocycles. The maximum absolute atomic E-state index is 11.5. The summed E-state index contributed by atoms with van der Waals surface area (Å²) in [4.78, 5) is 13.8. The Balaban J connectivity index is 2.03. The molecular weight excluding hydrogens is 214 g/mol. The van der Waals surface area contributed by atoms with E-state index in [1.807, 2.05) is 13.8 Å². The second kappa shape index (κ2) is 5.00. The zero-order valence-electron chi connectivity index (χ0n) is 10.9. The lowest BCUT2D eigenvalue weighted by Crippen LogP contribution is -2.39. The third kappa shape index (κ3) is 2.75. The van der Waals surface area contributed by atoms with Gasteiger partial charge in [0.15, 0.2) is 0 Å². The minimum atomic E-state index is 0.183. The van der Waals surface area contributed by atoms with Gasteiger partial charge in [-0.05, 0) is 19.9 Å². The molecule has 94 valence electrons. The molecule has 17 heavy (non-hydrogen) atoms. The number of piperidine rings is 1. The highest BCUT2D eigenvalue weighted by molar-refractivity contribution is 5.81. The van der Waals surface area contributed by atoms with Crippen LogP contribution in [0.25, 0.3) is 0 Å². The molecule has 0 radical (unpaired) electrons. The Hall–Kier alpha value is -1.16. The van der Waals surface area contributed by atoms with Crippen LogP contribution in [0.3, 0.4) is 0 Å². The van der Waals surface area contributed by atoms with Crippen LogP contribution < -0.4 is 0 Å². The Morgan fingerprint density at radius 3 is 2.94 bits per heavy atom. The van der Waals surface area contributed by atoms with Crippen molar-refractivity contribution in [2.45, 2.75) is 40.3 Å². The molecule has 0 amide bonds. The van der Waals surface area contributed by atoms with Crippen molar-refractivity contribution >= 4 is 5.78 Å². The van der Waals surface area contributed by atoms with E-state index in [0.717, 1.165) is 31.9 Å². The minimum Gasteiger partial charge on any atom is -0.299 e. The number of hydrogen-bond donors (Lipinski definition) is 0. The summed E-state index contributed by atoms with van der Waals surface area (Å²) in [6, 6.07) is 2.14. The molecule has 0 aromatic carbocycles. The maximum Gasteiger partial charge on any atom is 0.138 e. The van der Waals surface area contributed by atoms with E-state index < -0.39 is 0 Å². The normalized spacial score (nSPS) is 22.1. The fraction of sp³-hybridized carbons (Fsp3) is 0.692. The molecule has 2 rings (SSSR count). The lowest BCUT2D eigenvalue weighted by atomic mass is 9.98. The predicted molar refractivity (Wildman–Crippen MR) is 66.7 cm³/mol. The zero-order chi connectivity index (χ0) is 12.4. The van der Waals surface area contributed by atoms with E-state index in [9.17, 15) is 4.79 Å². The number of carbonyl (C=O) groups is 1. The molecule has 1 fully saturated rings. The first kappa shape index (κ1) is 12.3. The highest BCUT2D eigenvalue weighted by Gasteiger charge is 2.24. The Kier molecular flexibility index (Phi) is 3.62. The molecule has 2 heterocycles. The van der Waals surface area contributed by atoms with Crippen LogP contribution in [0.5, 0.6) is 0 Å². The van der Waals surface area contributed by atoms with Gasteiger partial charge in [0, 0.05) is 38.5 Å². The summed E-state index contributed by atoms with van der Waals surface area (Å²) in [5.41, 5.74) is 2.33. The molecule has 4 nitrogen and oxygen atoms in total. The predicted octanol–water partition coefficient (Wildman–Crippen LogP) is 1.62. The van der Waals surface area contributed by atoms with Gasteiger partial charge in [-0.25, -0.2) is 0 Å². The highest BCUT2D eigenvalue weighted by atomic mass is 16.1. The highest BCUT2D eigenvalue weighted by Crippen LogP contribution is 2.16. The number of aromatic nitrogens is 2. The number of Topliss-reactive ketones (excluding diaryl/α,β-unsaturated/α-hetero) is 1. The number of rotatable bonds is 3. The van der Waals surface area contributed by atoms with Crippen LogP contribution in [-0.2, 0) is 17.9 Å². The van der Waals surface area contributed by atoms with Gasteiger partial charge in [0.2, 0.25) is 0 Å². The molecule has 1 saturated heterocycles. The van der Waals surface area contributed by atoms with E-state index in [0.29, 0.717) is 12.2 Å². The van der Waals surface area contributed by atoms with Crippen LogP contribution >= 0.6 is 0 Å². The summed E-state index contributed by atoms with van der Waals surface area (Å²) < 4.78 is 2.05. The summed E-state index contributed by atoms with van der Waals surface area (Å²) >= 11 is 0. The molecule has 1 aliphatic heterocycles. The van der Waals surface area contributed by atoms with Gasteiger partial charge in [-0.15, -0.1) is 0 Å². The molecule has 4 heteroatoms. The van der Waals surface area contributed by atoms with Crippen LogP contribution in [0.2, 0.25) is 0 Å². The first-order valence-electron chi connectivity index (χ1n) is 6.38. The van der Waals surface area contributed by atoms with Gasteiger partial charge >= 0.3 is 0 Å². The number of ketones is 1. The van der Waals surface area contributed by atoms with Crippen molar-refractivity contribution in [1.82, 2.24) is 14.7 Å². The van der Waals surface area contributed by atoms with Crippen molar-refractivity contribution in [3.8, 4) is 0 Å². The molecular formula is C13H21N3O. The number of nitrogens with zero attached hydrogens (tertiary/aromatic N) is 3. The van der Waals surface area contributed by atoms with E-state index >= 15 is 0 Å². The fourth-order valence-electron chi connectivity index (χ4n) is 2.47. The first-order valence-corrected chi connectivity index (χ1v) is 6.38. The van der Waals surface area contributed by atoms with Crippen LogP contribution in [0.4, 0.5) is 0 Å². The Morgan fingerprint density at radius 1 is 1.53 bits per heavy atom. The van der Waals surface area contributed by atoms with Crippen LogP contribution in [-0.4, -0.2) is 33.6 Å². The molecule has 0 bridgehead atoms. The van der Waals surface area contributed by atoms with Crippen molar-refractivity contribution in [1.29, 1.82) is 0 Å².